The van der Waals surface area contributed by atoms with Crippen molar-refractivity contribution >= 4 is 17.5 Å². The molecule has 2 aromatic carbocycles. The highest BCUT2D eigenvalue weighted by atomic mass is 16.3. The molecular weight excluding hydrogens is 404 g/mol. The summed E-state index contributed by atoms with van der Waals surface area (Å²) < 4.78 is 0. The average Bonchev–Trinajstić information content (AvgIpc) is 3.77. The fourth-order valence-electron chi connectivity index (χ4n) is 4.76. The number of anilines is 1. The first kappa shape index (κ1) is 19.8. The molecule has 7 nitrogen and oxygen atoms in total. The van der Waals surface area contributed by atoms with Crippen LogP contribution in [0.25, 0.3) is 11.1 Å². The van der Waals surface area contributed by atoms with E-state index in [-0.39, 0.29) is 11.8 Å². The van der Waals surface area contributed by atoms with Crippen LogP contribution in [0.4, 0.5) is 5.69 Å². The summed E-state index contributed by atoms with van der Waals surface area (Å²) in [7, 11) is 0. The van der Waals surface area contributed by atoms with E-state index >= 15 is 0 Å². The molecule has 2 saturated carbocycles. The maximum atomic E-state index is 13.0. The molecule has 3 fully saturated rings. The molecule has 2 N–H and O–H groups in total. The van der Waals surface area contributed by atoms with Crippen molar-refractivity contribution < 1.29 is 14.7 Å². The summed E-state index contributed by atoms with van der Waals surface area (Å²) in [5.41, 5.74) is 7.88. The van der Waals surface area contributed by atoms with Gasteiger partial charge in [0.05, 0.1) is 5.69 Å². The Morgan fingerprint density at radius 1 is 0.906 bits per heavy atom. The summed E-state index contributed by atoms with van der Waals surface area (Å²) in [6.45, 7) is 2.84. The normalized spacial score (nSPS) is 21.5. The van der Waals surface area contributed by atoms with Crippen LogP contribution in [-0.2, 0) is 11.3 Å². The largest absolute Gasteiger partial charge is 0.380 e. The third-order valence-electron chi connectivity index (χ3n) is 7.14. The van der Waals surface area contributed by atoms with E-state index in [9.17, 15) is 14.7 Å². The highest BCUT2D eigenvalue weighted by Gasteiger charge is 2.50. The Bertz CT molecular complexity index is 1070. The first-order chi connectivity index (χ1) is 15.5. The van der Waals surface area contributed by atoms with Gasteiger partial charge < -0.3 is 19.9 Å². The molecule has 0 radical (unpaired) electrons. The van der Waals surface area contributed by atoms with E-state index < -0.39 is 5.60 Å². The molecule has 0 atom stereocenters. The number of fused-ring (bicyclic) bond motifs is 1. The predicted octanol–water partition coefficient (Wildman–Crippen LogP) is 2.15. The zero-order valence-electron chi connectivity index (χ0n) is 18.1. The Morgan fingerprint density at radius 2 is 1.56 bits per heavy atom. The molecule has 166 valence electrons. The van der Waals surface area contributed by atoms with Crippen LogP contribution in [0.1, 0.15) is 41.6 Å². The van der Waals surface area contributed by atoms with Gasteiger partial charge in [-0.1, -0.05) is 24.3 Å². The van der Waals surface area contributed by atoms with Crippen molar-refractivity contribution in [3.63, 3.8) is 0 Å². The maximum Gasteiger partial charge on any atom is 0.254 e. The molecule has 2 amide bonds. The zero-order chi connectivity index (χ0) is 21.9. The lowest BCUT2D eigenvalue weighted by Gasteiger charge is -2.35. The van der Waals surface area contributed by atoms with Gasteiger partial charge in [-0.2, -0.15) is 0 Å². The number of carbonyl (C=O) groups excluding carboxylic acids is 2. The molecule has 0 aromatic heterocycles. The van der Waals surface area contributed by atoms with E-state index in [1.165, 1.54) is 24.1 Å². The predicted molar refractivity (Wildman–Crippen MR) is 121 cm³/mol. The van der Waals surface area contributed by atoms with Crippen LogP contribution in [0, 0.1) is 0 Å². The van der Waals surface area contributed by atoms with Gasteiger partial charge in [0, 0.05) is 44.3 Å². The van der Waals surface area contributed by atoms with Crippen molar-refractivity contribution in [1.29, 1.82) is 0 Å². The minimum Gasteiger partial charge on any atom is -0.380 e. The van der Waals surface area contributed by atoms with Crippen LogP contribution in [0.3, 0.4) is 0 Å². The molecule has 2 aromatic rings. The average molecular weight is 433 g/mol. The van der Waals surface area contributed by atoms with E-state index in [0.29, 0.717) is 50.6 Å². The smallest absolute Gasteiger partial charge is 0.254 e. The fourth-order valence-corrected chi connectivity index (χ4v) is 4.76. The molecule has 0 spiro atoms. The van der Waals surface area contributed by atoms with Crippen LogP contribution in [0.5, 0.6) is 0 Å². The van der Waals surface area contributed by atoms with Gasteiger partial charge in [-0.3, -0.25) is 9.59 Å². The maximum absolute atomic E-state index is 13.0. The van der Waals surface area contributed by atoms with Gasteiger partial charge in [0.25, 0.3) is 11.8 Å². The van der Waals surface area contributed by atoms with Crippen LogP contribution in [0.15, 0.2) is 42.5 Å². The quantitative estimate of drug-likeness (QED) is 0.774. The van der Waals surface area contributed by atoms with E-state index in [2.05, 4.69) is 28.6 Å². The second-order valence-electron chi connectivity index (χ2n) is 9.47. The summed E-state index contributed by atoms with van der Waals surface area (Å²) in [6.07, 6.45) is 3.60. The van der Waals surface area contributed by atoms with Gasteiger partial charge in [-0.15, -0.1) is 0 Å². The molecule has 2 aliphatic carbocycles. The lowest BCUT2D eigenvalue weighted by atomic mass is 10.0. The third-order valence-corrected chi connectivity index (χ3v) is 7.14. The van der Waals surface area contributed by atoms with Gasteiger partial charge in [0.1, 0.15) is 5.60 Å². The van der Waals surface area contributed by atoms with E-state index in [0.717, 1.165) is 17.7 Å². The summed E-state index contributed by atoms with van der Waals surface area (Å²) in [5.74, 6) is -0.189. The van der Waals surface area contributed by atoms with Crippen molar-refractivity contribution in [2.24, 2.45) is 0 Å². The summed E-state index contributed by atoms with van der Waals surface area (Å²) >= 11 is 0. The van der Waals surface area contributed by atoms with Crippen molar-refractivity contribution in [3.05, 3.63) is 53.6 Å². The number of amides is 2. The highest BCUT2D eigenvalue weighted by molar-refractivity contribution is 5.95. The zero-order valence-corrected chi connectivity index (χ0v) is 18.1. The van der Waals surface area contributed by atoms with Gasteiger partial charge in [0.15, 0.2) is 0 Å². The highest BCUT2D eigenvalue weighted by Crippen LogP contribution is 2.38. The van der Waals surface area contributed by atoms with E-state index in [4.69, 9.17) is 0 Å². The van der Waals surface area contributed by atoms with Crippen molar-refractivity contribution in [2.45, 2.75) is 43.9 Å². The SMILES string of the molecule is O=C(c1ccc(-c2ccc3c(c2)N(C2CC2)NC3)cc1)N1CCN(C(=O)C2(O)CC2)CC1. The Balaban J connectivity index is 1.12. The van der Waals surface area contributed by atoms with Crippen molar-refractivity contribution in [2.75, 3.05) is 31.2 Å². The number of benzene rings is 2. The molecule has 0 bridgehead atoms. The number of nitrogens with zero attached hydrogens (tertiary/aromatic N) is 3. The summed E-state index contributed by atoms with van der Waals surface area (Å²) in [5, 5.41) is 12.3. The molecule has 4 aliphatic rings. The number of aliphatic hydroxyl groups is 1. The number of hydrogen-bond acceptors (Lipinski definition) is 5. The van der Waals surface area contributed by atoms with Gasteiger partial charge in [0.2, 0.25) is 0 Å². The fraction of sp³-hybridized carbons (Fsp3) is 0.440. The van der Waals surface area contributed by atoms with E-state index in [1.807, 2.05) is 24.3 Å². The Hall–Kier alpha value is -2.90. The molecule has 0 unspecified atom stereocenters. The lowest BCUT2D eigenvalue weighted by molar-refractivity contribution is -0.143. The Labute approximate surface area is 187 Å². The third kappa shape index (κ3) is 3.45. The van der Waals surface area contributed by atoms with Crippen molar-refractivity contribution in [1.82, 2.24) is 15.2 Å². The summed E-state index contributed by atoms with van der Waals surface area (Å²) in [4.78, 5) is 28.8. The van der Waals surface area contributed by atoms with Crippen LogP contribution >= 0.6 is 0 Å². The molecule has 2 aliphatic heterocycles. The molecule has 6 rings (SSSR count). The number of hydrogen-bond donors (Lipinski definition) is 2. The van der Waals surface area contributed by atoms with Gasteiger partial charge in [-0.25, -0.2) is 5.43 Å². The molecule has 1 saturated heterocycles. The number of rotatable bonds is 4. The second-order valence-corrected chi connectivity index (χ2v) is 9.47. The molecule has 32 heavy (non-hydrogen) atoms. The topological polar surface area (TPSA) is 76.1 Å². The number of piperazine rings is 1. The van der Waals surface area contributed by atoms with Crippen LogP contribution < -0.4 is 10.4 Å². The van der Waals surface area contributed by atoms with Gasteiger partial charge in [-0.05, 0) is 60.6 Å². The van der Waals surface area contributed by atoms with Gasteiger partial charge >= 0.3 is 0 Å². The number of nitrogens with one attached hydrogen (secondary N) is 1. The van der Waals surface area contributed by atoms with Crippen molar-refractivity contribution in [3.8, 4) is 11.1 Å². The first-order valence-electron chi connectivity index (χ1n) is 11.6. The number of hydrazine groups is 1. The first-order valence-corrected chi connectivity index (χ1v) is 11.6. The molecular formula is C25H28N4O3. The molecule has 2 heterocycles. The standard InChI is InChI=1S/C25H28N4O3/c30-23(27-11-13-28(14-12-27)24(31)25(32)9-10-25)18-3-1-17(2-4-18)19-5-6-20-16-26-29(21-7-8-21)22(20)15-19/h1-6,15,21,26,32H,7-14,16H2. The second kappa shape index (κ2) is 7.32. The summed E-state index contributed by atoms with van der Waals surface area (Å²) in [6, 6.07) is 15.0. The minimum absolute atomic E-state index is 0.00755. The monoisotopic (exact) mass is 432 g/mol. The van der Waals surface area contributed by atoms with Crippen LogP contribution in [-0.4, -0.2) is 64.5 Å². The minimum atomic E-state index is -1.13. The number of carbonyl (C=O) groups is 2. The lowest BCUT2D eigenvalue weighted by Crippen LogP contribution is -2.53. The van der Waals surface area contributed by atoms with E-state index in [1.54, 1.807) is 9.80 Å². The Kier molecular flexibility index (Phi) is 4.52. The Morgan fingerprint density at radius 3 is 2.22 bits per heavy atom. The van der Waals surface area contributed by atoms with Crippen LogP contribution in [0.2, 0.25) is 0 Å². The molecule has 7 heteroatoms.